The minimum absolute atomic E-state index is 0.824. The summed E-state index contributed by atoms with van der Waals surface area (Å²) in [6, 6.07) is 155. The van der Waals surface area contributed by atoms with Crippen molar-refractivity contribution in [1.29, 1.82) is 0 Å². The molecule has 9 nitrogen and oxygen atoms in total. The van der Waals surface area contributed by atoms with Crippen molar-refractivity contribution in [2.75, 3.05) is 0 Å². The van der Waals surface area contributed by atoms with Crippen LogP contribution in [0.3, 0.4) is 0 Å². The number of benzene rings is 22. The van der Waals surface area contributed by atoms with Crippen LogP contribution in [-0.4, -0.2) is 28.7 Å². The first-order chi connectivity index (χ1) is 67.3. The van der Waals surface area contributed by atoms with Gasteiger partial charge in [0, 0.05) is 19.3 Å². The van der Waals surface area contributed by atoms with Crippen LogP contribution >= 0.6 is 0 Å². The third-order valence-electron chi connectivity index (χ3n) is 27.8. The van der Waals surface area contributed by atoms with Gasteiger partial charge in [0.25, 0.3) is 0 Å². The summed E-state index contributed by atoms with van der Waals surface area (Å²) in [7, 11) is 0. The second-order valence-electron chi connectivity index (χ2n) is 35.4. The minimum Gasteiger partial charge on any atom is -0.453 e. The van der Waals surface area contributed by atoms with Crippen molar-refractivity contribution in [3.05, 3.63) is 448 Å². The highest BCUT2D eigenvalue weighted by Crippen LogP contribution is 2.53. The van der Waals surface area contributed by atoms with Crippen LogP contribution < -0.4 is 14.2 Å². The molecule has 3 aliphatic rings. The van der Waals surface area contributed by atoms with Crippen molar-refractivity contribution in [2.45, 2.75) is 40.0 Å². The Labute approximate surface area is 785 Å². The molecule has 0 atom stereocenters. The third-order valence-corrected chi connectivity index (χ3v) is 27.8. The van der Waals surface area contributed by atoms with Crippen molar-refractivity contribution in [2.24, 2.45) is 0 Å². The van der Waals surface area contributed by atoms with Crippen LogP contribution in [0.15, 0.2) is 431 Å². The fraction of sp³-hybridized carbons (Fsp3) is 0.0472. The van der Waals surface area contributed by atoms with E-state index in [0.29, 0.717) is 0 Å². The minimum atomic E-state index is 0.824. The molecule has 6 heterocycles. The normalized spacial score (nSPS) is 12.1. The Morgan fingerprint density at radius 3 is 0.853 bits per heavy atom. The number of aromatic nitrogens is 6. The average Bonchev–Trinajstić information content (AvgIpc) is 1.15. The fourth-order valence-corrected chi connectivity index (χ4v) is 21.7. The molecule has 0 bridgehead atoms. The largest absolute Gasteiger partial charge is 0.453 e. The van der Waals surface area contributed by atoms with Crippen LogP contribution in [0.5, 0.6) is 34.5 Å². The molecule has 0 saturated heterocycles. The van der Waals surface area contributed by atoms with Crippen LogP contribution in [0.1, 0.15) is 38.2 Å². The van der Waals surface area contributed by atoms with Gasteiger partial charge in [-0.25, -0.2) is 15.0 Å². The zero-order valence-electron chi connectivity index (χ0n) is 75.0. The molecule has 9 heteroatoms. The van der Waals surface area contributed by atoms with Gasteiger partial charge in [-0.2, -0.15) is 0 Å². The summed E-state index contributed by atoms with van der Waals surface area (Å²) in [5.41, 5.74) is 31.0. The van der Waals surface area contributed by atoms with E-state index < -0.39 is 0 Å². The summed E-state index contributed by atoms with van der Waals surface area (Å²) in [6.07, 6.45) is 2.51. The first-order valence-electron chi connectivity index (χ1n) is 47.0. The molecular weight excluding hydrogens is 1660 g/mol. The molecule has 3 aliphatic heterocycles. The maximum absolute atomic E-state index is 6.50. The topological polar surface area (TPSA) is 81.1 Å². The molecular formula is C127H86N6O3. The fourth-order valence-electron chi connectivity index (χ4n) is 21.7. The van der Waals surface area contributed by atoms with Crippen LogP contribution in [0.2, 0.25) is 0 Å². The number of para-hydroxylation sites is 3. The molecule has 642 valence electrons. The summed E-state index contributed by atoms with van der Waals surface area (Å²) in [5.74, 6) is 8.24. The Balaban J connectivity index is 0.000000106. The Morgan fingerprint density at radius 2 is 0.434 bits per heavy atom. The van der Waals surface area contributed by atoms with Gasteiger partial charge in [-0.15, -0.1) is 0 Å². The summed E-state index contributed by atoms with van der Waals surface area (Å²) in [4.78, 5) is 14.8. The van der Waals surface area contributed by atoms with E-state index >= 15 is 0 Å². The Kier molecular flexibility index (Phi) is 19.0. The number of imidazole rings is 3. The highest BCUT2D eigenvalue weighted by molar-refractivity contribution is 6.25. The predicted molar refractivity (Wildman–Crippen MR) is 563 cm³/mol. The molecule has 136 heavy (non-hydrogen) atoms. The Hall–Kier alpha value is -17.5. The van der Waals surface area contributed by atoms with E-state index in [9.17, 15) is 0 Å². The van der Waals surface area contributed by atoms with E-state index in [2.05, 4.69) is 429 Å². The lowest BCUT2D eigenvalue weighted by molar-refractivity contribution is 0.474. The molecule has 0 saturated carbocycles. The quantitative estimate of drug-likeness (QED) is 0.113. The first kappa shape index (κ1) is 79.4. The van der Waals surface area contributed by atoms with Crippen molar-refractivity contribution in [3.8, 4) is 152 Å². The molecule has 0 unspecified atom stereocenters. The number of hydrogen-bond donors (Lipinski definition) is 0. The van der Waals surface area contributed by atoms with Gasteiger partial charge in [-0.1, -0.05) is 360 Å². The maximum atomic E-state index is 6.50. The van der Waals surface area contributed by atoms with Crippen molar-refractivity contribution >= 4 is 109 Å². The first-order valence-corrected chi connectivity index (χ1v) is 47.0. The maximum Gasteiger partial charge on any atom is 0.153 e. The molecule has 22 aromatic carbocycles. The van der Waals surface area contributed by atoms with Crippen molar-refractivity contribution in [3.63, 3.8) is 0 Å². The summed E-state index contributed by atoms with van der Waals surface area (Å²) < 4.78 is 26.1. The highest BCUT2D eigenvalue weighted by Gasteiger charge is 2.31. The molecule has 25 aromatic rings. The average molecular weight is 1740 g/mol. The van der Waals surface area contributed by atoms with Crippen molar-refractivity contribution in [1.82, 2.24) is 28.7 Å². The number of aryl methyl sites for hydroxylation is 3. The monoisotopic (exact) mass is 1740 g/mol. The molecule has 0 radical (unpaired) electrons. The summed E-state index contributed by atoms with van der Waals surface area (Å²) in [6.45, 7) is 6.48. The smallest absolute Gasteiger partial charge is 0.153 e. The van der Waals surface area contributed by atoms with Crippen LogP contribution in [0.4, 0.5) is 0 Å². The Bertz CT molecular complexity index is 9080. The SMILES string of the molecule is CCc1nc2cccc3c2n1-c1cc(-c2c4ccccc4c(-c4ccc5ccccc5c4)c4ccc(-c5ccccc5)cc24)ccc1O3.CCc1nc2cccc3c2n1-c1cc(-c2ccc(-c4c5ccccc5c(-c5ccccc5)c5ccccc45)cc2)ccc1O3.CCc1nc2cccc3c2n1-c1cc(-c2cccc(-c4c5ccccc5c(-c5ccccc5)c5ccccc45)c2)ccc1O3. The van der Waals surface area contributed by atoms with Gasteiger partial charge in [-0.3, -0.25) is 13.7 Å². The Morgan fingerprint density at radius 1 is 0.176 bits per heavy atom. The number of rotatable bonds is 12. The van der Waals surface area contributed by atoms with Gasteiger partial charge in [0.2, 0.25) is 0 Å². The van der Waals surface area contributed by atoms with E-state index in [1.807, 2.05) is 36.4 Å². The van der Waals surface area contributed by atoms with Gasteiger partial charge in [0.15, 0.2) is 34.5 Å². The van der Waals surface area contributed by atoms with Crippen molar-refractivity contribution < 1.29 is 14.2 Å². The van der Waals surface area contributed by atoms with Gasteiger partial charge < -0.3 is 14.2 Å². The van der Waals surface area contributed by atoms with E-state index in [1.54, 1.807) is 0 Å². The molecule has 0 aliphatic carbocycles. The van der Waals surface area contributed by atoms with Crippen LogP contribution in [0, 0.1) is 0 Å². The molecule has 3 aromatic heterocycles. The van der Waals surface area contributed by atoms with Gasteiger partial charge in [-0.05, 0) is 267 Å². The van der Waals surface area contributed by atoms with E-state index in [4.69, 9.17) is 29.2 Å². The lowest BCUT2D eigenvalue weighted by atomic mass is 9.84. The van der Waals surface area contributed by atoms with E-state index in [1.165, 1.54) is 159 Å². The van der Waals surface area contributed by atoms with Gasteiger partial charge >= 0.3 is 0 Å². The van der Waals surface area contributed by atoms with E-state index in [0.717, 1.165) is 138 Å². The third kappa shape index (κ3) is 13.0. The summed E-state index contributed by atoms with van der Waals surface area (Å²) >= 11 is 0. The second kappa shape index (κ2) is 32.5. The molecule has 0 fully saturated rings. The standard InChI is InChI=1S/C45H30N2O.2C41H28N2O/c1-2-42-46-38-17-10-18-41-45(38)47(42)39-27-33(22-24-40(39)48-41)44-35-16-9-8-15-34(35)43(32-20-19-29-13-6-7-14-30(29)25-32)36-23-21-31(26-37(36)44)28-11-4-3-5-12-28;1-2-38-42-34-20-11-21-37-41(34)43(38)35-25-28(22-23-36(35)44-37)27-14-10-15-29(24-27)40-32-18-8-6-16-30(32)39(26-12-4-3-5-13-26)31-17-7-9-19-33(31)40;1-2-38-42-34-17-10-18-37-41(34)43(38)35-25-29(23-24-36(35)44-37)26-19-21-28(22-20-26)40-32-15-8-6-13-30(32)39(27-11-4-3-5-12-27)31-14-7-9-16-33(31)40/h3-27H,2H2,1H3;2*3-25H,2H2,1H3. The molecule has 28 rings (SSSR count). The highest BCUT2D eigenvalue weighted by atomic mass is 16.5. The molecule has 0 spiro atoms. The lowest BCUT2D eigenvalue weighted by Gasteiger charge is -2.23. The van der Waals surface area contributed by atoms with E-state index in [-0.39, 0.29) is 0 Å². The second-order valence-corrected chi connectivity index (χ2v) is 35.4. The summed E-state index contributed by atoms with van der Waals surface area (Å²) in [5, 5.41) is 17.5. The number of fused-ring (bicyclic) bond motifs is 13. The van der Waals surface area contributed by atoms with Gasteiger partial charge in [0.05, 0.1) is 33.6 Å². The lowest BCUT2D eigenvalue weighted by Crippen LogP contribution is -2.07. The van der Waals surface area contributed by atoms with Gasteiger partial charge in [0.1, 0.15) is 34.0 Å². The molecule has 0 N–H and O–H groups in total. The number of nitrogens with zero attached hydrogens (tertiary/aromatic N) is 6. The zero-order chi connectivity index (χ0) is 90.2. The van der Waals surface area contributed by atoms with Crippen LogP contribution in [0.25, 0.3) is 226 Å². The zero-order valence-corrected chi connectivity index (χ0v) is 75.0. The molecule has 0 amide bonds. The predicted octanol–water partition coefficient (Wildman–Crippen LogP) is 34.2. The van der Waals surface area contributed by atoms with Crippen LogP contribution in [-0.2, 0) is 19.3 Å². The number of hydrogen-bond acceptors (Lipinski definition) is 6. The number of ether oxygens (including phenoxy) is 3.